The third-order valence-electron chi connectivity index (χ3n) is 2.78. The third kappa shape index (κ3) is 2.93. The average Bonchev–Trinajstić information content (AvgIpc) is 2.40. The highest BCUT2D eigenvalue weighted by atomic mass is 32.2. The predicted octanol–water partition coefficient (Wildman–Crippen LogP) is 3.11. The van der Waals surface area contributed by atoms with E-state index in [4.69, 9.17) is 0 Å². The van der Waals surface area contributed by atoms with Crippen molar-refractivity contribution in [3.63, 3.8) is 0 Å². The van der Waals surface area contributed by atoms with Gasteiger partial charge in [-0.1, -0.05) is 18.2 Å². The minimum absolute atomic E-state index is 0.0566. The van der Waals surface area contributed by atoms with E-state index in [1.54, 1.807) is 24.3 Å². The molecule has 92 valence electrons. The highest BCUT2D eigenvalue weighted by molar-refractivity contribution is 7.91. The van der Waals surface area contributed by atoms with Crippen LogP contribution in [0.4, 0.5) is 0 Å². The summed E-state index contributed by atoms with van der Waals surface area (Å²) < 4.78 is 24.4. The van der Waals surface area contributed by atoms with E-state index in [0.717, 1.165) is 11.1 Å². The van der Waals surface area contributed by atoms with E-state index in [0.29, 0.717) is 4.90 Å². The summed E-state index contributed by atoms with van der Waals surface area (Å²) in [5, 5.41) is 0. The van der Waals surface area contributed by atoms with Crippen molar-refractivity contribution in [2.45, 2.75) is 11.8 Å². The number of hydrogen-bond donors (Lipinski definition) is 0. The SMILES string of the molecule is C/C(CS(=O)(=O)c1ccccc1)=C1/C=CC=C[CH+]1. The molecular formula is C15H15O2S+. The van der Waals surface area contributed by atoms with E-state index in [2.05, 4.69) is 0 Å². The van der Waals surface area contributed by atoms with E-state index >= 15 is 0 Å². The maximum absolute atomic E-state index is 12.2. The summed E-state index contributed by atoms with van der Waals surface area (Å²) in [5.74, 6) is 0.0566. The first-order valence-corrected chi connectivity index (χ1v) is 7.40. The fourth-order valence-corrected chi connectivity index (χ4v) is 3.28. The number of sulfone groups is 1. The monoisotopic (exact) mass is 259 g/mol. The quantitative estimate of drug-likeness (QED) is 0.782. The molecule has 0 heterocycles. The molecule has 0 aliphatic heterocycles. The lowest BCUT2D eigenvalue weighted by atomic mass is 10.0. The van der Waals surface area contributed by atoms with Gasteiger partial charge in [0.05, 0.1) is 10.5 Å². The van der Waals surface area contributed by atoms with E-state index in [1.165, 1.54) is 0 Å². The van der Waals surface area contributed by atoms with Crippen LogP contribution >= 0.6 is 0 Å². The van der Waals surface area contributed by atoms with Gasteiger partial charge in [-0.3, -0.25) is 0 Å². The van der Waals surface area contributed by atoms with Gasteiger partial charge >= 0.3 is 0 Å². The first-order chi connectivity index (χ1) is 8.59. The molecule has 18 heavy (non-hydrogen) atoms. The van der Waals surface area contributed by atoms with Crippen LogP contribution < -0.4 is 0 Å². The summed E-state index contributed by atoms with van der Waals surface area (Å²) in [7, 11) is -3.24. The molecule has 1 aliphatic carbocycles. The fourth-order valence-electron chi connectivity index (χ4n) is 1.80. The van der Waals surface area contributed by atoms with Crippen molar-refractivity contribution in [3.05, 3.63) is 72.2 Å². The maximum Gasteiger partial charge on any atom is 0.190 e. The molecule has 0 saturated heterocycles. The number of allylic oxidation sites excluding steroid dienone is 5. The topological polar surface area (TPSA) is 34.1 Å². The summed E-state index contributed by atoms with van der Waals surface area (Å²) in [6.07, 6.45) is 9.59. The molecule has 2 nitrogen and oxygen atoms in total. The molecule has 1 aromatic carbocycles. The van der Waals surface area contributed by atoms with Crippen molar-refractivity contribution in [1.82, 2.24) is 0 Å². The molecule has 0 amide bonds. The maximum atomic E-state index is 12.2. The summed E-state index contributed by atoms with van der Waals surface area (Å²) >= 11 is 0. The Balaban J connectivity index is 2.24. The first kappa shape index (κ1) is 12.7. The second-order valence-corrected chi connectivity index (χ2v) is 6.21. The molecule has 2 rings (SSSR count). The predicted molar refractivity (Wildman–Crippen MR) is 73.8 cm³/mol. The van der Waals surface area contributed by atoms with E-state index in [-0.39, 0.29) is 5.75 Å². The minimum Gasteiger partial charge on any atom is -0.222 e. The van der Waals surface area contributed by atoms with Gasteiger partial charge in [-0.2, -0.15) is 0 Å². The van der Waals surface area contributed by atoms with Crippen LogP contribution in [0.5, 0.6) is 0 Å². The zero-order valence-corrected chi connectivity index (χ0v) is 11.0. The van der Waals surface area contributed by atoms with Crippen molar-refractivity contribution in [2.75, 3.05) is 5.75 Å². The lowest BCUT2D eigenvalue weighted by Gasteiger charge is -2.05. The van der Waals surface area contributed by atoms with Crippen LogP contribution in [0, 0.1) is 6.42 Å². The summed E-state index contributed by atoms with van der Waals surface area (Å²) in [4.78, 5) is 0.375. The Hall–Kier alpha value is -1.74. The molecule has 0 fully saturated rings. The molecule has 0 aromatic heterocycles. The smallest absolute Gasteiger partial charge is 0.190 e. The normalized spacial score (nSPS) is 17.4. The van der Waals surface area contributed by atoms with Crippen LogP contribution in [0.3, 0.4) is 0 Å². The molecule has 0 spiro atoms. The molecule has 0 saturated carbocycles. The lowest BCUT2D eigenvalue weighted by molar-refractivity contribution is 0.598. The second kappa shape index (κ2) is 5.27. The van der Waals surface area contributed by atoms with Crippen molar-refractivity contribution in [3.8, 4) is 0 Å². The van der Waals surface area contributed by atoms with E-state index < -0.39 is 9.84 Å². The van der Waals surface area contributed by atoms with Crippen molar-refractivity contribution in [2.24, 2.45) is 0 Å². The van der Waals surface area contributed by atoms with Crippen molar-refractivity contribution in [1.29, 1.82) is 0 Å². The molecule has 0 radical (unpaired) electrons. The van der Waals surface area contributed by atoms with Crippen LogP contribution in [0.25, 0.3) is 0 Å². The molecule has 1 aromatic rings. The Kier molecular flexibility index (Phi) is 3.72. The highest BCUT2D eigenvalue weighted by Crippen LogP contribution is 2.19. The van der Waals surface area contributed by atoms with Crippen LogP contribution in [0.1, 0.15) is 6.92 Å². The zero-order valence-electron chi connectivity index (χ0n) is 10.2. The number of rotatable bonds is 3. The van der Waals surface area contributed by atoms with Gasteiger partial charge in [0.2, 0.25) is 0 Å². The van der Waals surface area contributed by atoms with E-state index in [9.17, 15) is 8.42 Å². The molecule has 3 heteroatoms. The molecule has 0 unspecified atom stereocenters. The summed E-state index contributed by atoms with van der Waals surface area (Å²) in [5.41, 5.74) is 1.83. The Morgan fingerprint density at radius 3 is 2.50 bits per heavy atom. The van der Waals surface area contributed by atoms with Crippen LogP contribution in [0.2, 0.25) is 0 Å². The standard InChI is InChI=1S/C15H15O2S/c1-13(14-8-4-2-5-9-14)12-18(16,17)15-10-6-3-7-11-15/h2-11H,12H2,1H3/q+1. The van der Waals surface area contributed by atoms with Gasteiger partial charge in [-0.05, 0) is 19.1 Å². The molecule has 0 N–H and O–H groups in total. The van der Waals surface area contributed by atoms with Gasteiger partial charge in [0, 0.05) is 36.3 Å². The van der Waals surface area contributed by atoms with Crippen molar-refractivity contribution >= 4 is 9.84 Å². The first-order valence-electron chi connectivity index (χ1n) is 5.75. The molecular weight excluding hydrogens is 244 g/mol. The summed E-state index contributed by atoms with van der Waals surface area (Å²) in [6.45, 7) is 1.86. The largest absolute Gasteiger partial charge is 0.222 e. The molecule has 0 atom stereocenters. The minimum atomic E-state index is -3.24. The van der Waals surface area contributed by atoms with Crippen LogP contribution in [-0.4, -0.2) is 14.2 Å². The van der Waals surface area contributed by atoms with E-state index in [1.807, 2.05) is 43.7 Å². The Morgan fingerprint density at radius 1 is 1.17 bits per heavy atom. The van der Waals surface area contributed by atoms with Crippen molar-refractivity contribution < 1.29 is 8.42 Å². The van der Waals surface area contributed by atoms with Crippen LogP contribution in [-0.2, 0) is 9.84 Å². The highest BCUT2D eigenvalue weighted by Gasteiger charge is 2.19. The van der Waals surface area contributed by atoms with Gasteiger partial charge in [-0.25, -0.2) is 8.42 Å². The number of hydrogen-bond acceptors (Lipinski definition) is 2. The molecule has 1 aliphatic rings. The van der Waals surface area contributed by atoms with Crippen LogP contribution in [0.15, 0.2) is 70.7 Å². The second-order valence-electron chi connectivity index (χ2n) is 4.22. The van der Waals surface area contributed by atoms with Gasteiger partial charge in [0.25, 0.3) is 0 Å². The average molecular weight is 259 g/mol. The Bertz CT molecular complexity index is 605. The Morgan fingerprint density at radius 2 is 1.89 bits per heavy atom. The van der Waals surface area contributed by atoms with Gasteiger partial charge in [0.1, 0.15) is 5.75 Å². The Labute approximate surface area is 108 Å². The van der Waals surface area contributed by atoms with Gasteiger partial charge in [-0.15, -0.1) is 0 Å². The van der Waals surface area contributed by atoms with Gasteiger partial charge < -0.3 is 0 Å². The zero-order chi connectivity index (χ0) is 13.0. The fraction of sp³-hybridized carbons (Fsp3) is 0.133. The third-order valence-corrected chi connectivity index (χ3v) is 4.58. The lowest BCUT2D eigenvalue weighted by Crippen LogP contribution is -2.09. The summed E-state index contributed by atoms with van der Waals surface area (Å²) in [6, 6.07) is 8.56. The molecule has 0 bridgehead atoms. The van der Waals surface area contributed by atoms with Gasteiger partial charge in [0.15, 0.2) is 9.84 Å². The number of benzene rings is 1.